The van der Waals surface area contributed by atoms with Crippen LogP contribution in [0.15, 0.2) is 36.7 Å². The third-order valence-corrected chi connectivity index (χ3v) is 4.05. The molecule has 0 atom stereocenters. The SMILES string of the molecule is Cc1cc(C)c(Cn2cnc3ccccc32)c(C)c1N. The van der Waals surface area contributed by atoms with Gasteiger partial charge in [-0.15, -0.1) is 0 Å². The first-order valence-corrected chi connectivity index (χ1v) is 6.83. The Bertz CT molecular complexity index is 784. The van der Waals surface area contributed by atoms with Gasteiger partial charge in [0, 0.05) is 12.2 Å². The van der Waals surface area contributed by atoms with Gasteiger partial charge in [0.2, 0.25) is 0 Å². The number of hydrogen-bond donors (Lipinski definition) is 1. The Labute approximate surface area is 119 Å². The molecule has 0 fully saturated rings. The largest absolute Gasteiger partial charge is 0.398 e. The van der Waals surface area contributed by atoms with Crippen molar-refractivity contribution in [3.05, 3.63) is 58.9 Å². The molecule has 102 valence electrons. The number of anilines is 1. The molecule has 3 rings (SSSR count). The minimum absolute atomic E-state index is 0.808. The number of rotatable bonds is 2. The minimum atomic E-state index is 0.808. The lowest BCUT2D eigenvalue weighted by Crippen LogP contribution is -2.06. The van der Waals surface area contributed by atoms with E-state index in [0.29, 0.717) is 0 Å². The summed E-state index contributed by atoms with van der Waals surface area (Å²) in [4.78, 5) is 4.45. The van der Waals surface area contributed by atoms with E-state index in [1.807, 2.05) is 24.5 Å². The Morgan fingerprint density at radius 2 is 1.85 bits per heavy atom. The molecule has 0 unspecified atom stereocenters. The topological polar surface area (TPSA) is 43.8 Å². The van der Waals surface area contributed by atoms with Gasteiger partial charge in [-0.05, 0) is 55.2 Å². The minimum Gasteiger partial charge on any atom is -0.398 e. The van der Waals surface area contributed by atoms with Crippen molar-refractivity contribution in [2.24, 2.45) is 0 Å². The smallest absolute Gasteiger partial charge is 0.0961 e. The Morgan fingerprint density at radius 1 is 1.10 bits per heavy atom. The highest BCUT2D eigenvalue weighted by molar-refractivity contribution is 5.75. The number of aryl methyl sites for hydroxylation is 2. The fourth-order valence-electron chi connectivity index (χ4n) is 2.79. The molecule has 20 heavy (non-hydrogen) atoms. The van der Waals surface area contributed by atoms with Crippen molar-refractivity contribution < 1.29 is 0 Å². The zero-order chi connectivity index (χ0) is 14.3. The summed E-state index contributed by atoms with van der Waals surface area (Å²) in [6.07, 6.45) is 1.90. The number of nitrogens with two attached hydrogens (primary N) is 1. The van der Waals surface area contributed by atoms with E-state index in [4.69, 9.17) is 5.73 Å². The first-order valence-electron chi connectivity index (χ1n) is 6.83. The first-order chi connectivity index (χ1) is 9.58. The zero-order valence-corrected chi connectivity index (χ0v) is 12.1. The fourth-order valence-corrected chi connectivity index (χ4v) is 2.79. The van der Waals surface area contributed by atoms with Crippen molar-refractivity contribution in [3.63, 3.8) is 0 Å². The van der Waals surface area contributed by atoms with Crippen LogP contribution in [0.2, 0.25) is 0 Å². The number of para-hydroxylation sites is 2. The van der Waals surface area contributed by atoms with Crippen molar-refractivity contribution in [2.75, 3.05) is 5.73 Å². The molecule has 3 aromatic rings. The van der Waals surface area contributed by atoms with E-state index < -0.39 is 0 Å². The summed E-state index contributed by atoms with van der Waals surface area (Å²) < 4.78 is 2.18. The molecule has 0 aliphatic carbocycles. The highest BCUT2D eigenvalue weighted by Crippen LogP contribution is 2.26. The van der Waals surface area contributed by atoms with Gasteiger partial charge in [0.15, 0.2) is 0 Å². The number of nitrogens with zero attached hydrogens (tertiary/aromatic N) is 2. The second-order valence-corrected chi connectivity index (χ2v) is 5.39. The highest BCUT2D eigenvalue weighted by Gasteiger charge is 2.10. The molecular formula is C17H19N3. The van der Waals surface area contributed by atoms with E-state index in [0.717, 1.165) is 28.8 Å². The third-order valence-electron chi connectivity index (χ3n) is 4.05. The van der Waals surface area contributed by atoms with Crippen LogP contribution in [0.1, 0.15) is 22.3 Å². The number of fused-ring (bicyclic) bond motifs is 1. The monoisotopic (exact) mass is 265 g/mol. The van der Waals surface area contributed by atoms with E-state index in [1.165, 1.54) is 16.7 Å². The van der Waals surface area contributed by atoms with Crippen LogP contribution in [0.25, 0.3) is 11.0 Å². The van der Waals surface area contributed by atoms with Gasteiger partial charge in [0.05, 0.1) is 17.4 Å². The maximum atomic E-state index is 6.17. The second-order valence-electron chi connectivity index (χ2n) is 5.39. The lowest BCUT2D eigenvalue weighted by atomic mass is 9.97. The van der Waals surface area contributed by atoms with Crippen molar-refractivity contribution in [2.45, 2.75) is 27.3 Å². The summed E-state index contributed by atoms with van der Waals surface area (Å²) in [7, 11) is 0. The zero-order valence-electron chi connectivity index (χ0n) is 12.1. The summed E-state index contributed by atoms with van der Waals surface area (Å²) in [6, 6.07) is 10.4. The van der Waals surface area contributed by atoms with Crippen LogP contribution < -0.4 is 5.73 Å². The normalized spacial score (nSPS) is 11.2. The molecule has 0 amide bonds. The molecule has 1 aromatic heterocycles. The lowest BCUT2D eigenvalue weighted by molar-refractivity contribution is 0.812. The highest BCUT2D eigenvalue weighted by atomic mass is 15.0. The van der Waals surface area contributed by atoms with Gasteiger partial charge in [-0.3, -0.25) is 0 Å². The van der Waals surface area contributed by atoms with Crippen LogP contribution in [0.4, 0.5) is 5.69 Å². The van der Waals surface area contributed by atoms with Crippen molar-refractivity contribution in [1.82, 2.24) is 9.55 Å². The predicted octanol–water partition coefficient (Wildman–Crippen LogP) is 3.59. The molecule has 0 aliphatic rings. The maximum Gasteiger partial charge on any atom is 0.0961 e. The van der Waals surface area contributed by atoms with Crippen LogP contribution in [0.5, 0.6) is 0 Å². The second kappa shape index (κ2) is 4.67. The van der Waals surface area contributed by atoms with Crippen LogP contribution >= 0.6 is 0 Å². The Balaban J connectivity index is 2.10. The van der Waals surface area contributed by atoms with Gasteiger partial charge in [-0.25, -0.2) is 4.98 Å². The van der Waals surface area contributed by atoms with Gasteiger partial charge >= 0.3 is 0 Å². The van der Waals surface area contributed by atoms with Gasteiger partial charge in [0.25, 0.3) is 0 Å². The van der Waals surface area contributed by atoms with E-state index >= 15 is 0 Å². The van der Waals surface area contributed by atoms with Crippen LogP contribution in [0, 0.1) is 20.8 Å². The summed E-state index contributed by atoms with van der Waals surface area (Å²) >= 11 is 0. The van der Waals surface area contributed by atoms with Gasteiger partial charge in [-0.2, -0.15) is 0 Å². The van der Waals surface area contributed by atoms with E-state index in [2.05, 4.69) is 42.5 Å². The molecule has 0 aliphatic heterocycles. The molecule has 0 bridgehead atoms. The molecule has 2 N–H and O–H groups in total. The van der Waals surface area contributed by atoms with Gasteiger partial charge in [-0.1, -0.05) is 18.2 Å². The molecule has 0 spiro atoms. The summed E-state index contributed by atoms with van der Waals surface area (Å²) in [5, 5.41) is 0. The first kappa shape index (κ1) is 12.7. The molecule has 2 aromatic carbocycles. The average molecular weight is 265 g/mol. The van der Waals surface area contributed by atoms with Crippen molar-refractivity contribution in [3.8, 4) is 0 Å². The van der Waals surface area contributed by atoms with Crippen LogP contribution in [-0.2, 0) is 6.54 Å². The predicted molar refractivity (Wildman–Crippen MR) is 83.9 cm³/mol. The number of imidazole rings is 1. The number of aromatic nitrogens is 2. The molecule has 0 saturated heterocycles. The van der Waals surface area contributed by atoms with Crippen LogP contribution in [-0.4, -0.2) is 9.55 Å². The van der Waals surface area contributed by atoms with Gasteiger partial charge in [0.1, 0.15) is 0 Å². The van der Waals surface area contributed by atoms with Crippen molar-refractivity contribution >= 4 is 16.7 Å². The summed E-state index contributed by atoms with van der Waals surface area (Å²) in [6.45, 7) is 7.12. The quantitative estimate of drug-likeness (QED) is 0.720. The lowest BCUT2D eigenvalue weighted by Gasteiger charge is -2.15. The standard InChI is InChI=1S/C17H19N3/c1-11-8-12(2)17(18)13(3)14(11)9-20-10-19-15-6-4-5-7-16(15)20/h4-8,10H,9,18H2,1-3H3. The maximum absolute atomic E-state index is 6.17. The molecular weight excluding hydrogens is 246 g/mol. The number of hydrogen-bond acceptors (Lipinski definition) is 2. The number of benzene rings is 2. The van der Waals surface area contributed by atoms with Gasteiger partial charge < -0.3 is 10.3 Å². The third kappa shape index (κ3) is 1.95. The summed E-state index contributed by atoms with van der Waals surface area (Å²) in [5.74, 6) is 0. The Hall–Kier alpha value is -2.29. The molecule has 3 heteroatoms. The molecule has 1 heterocycles. The average Bonchev–Trinajstić information content (AvgIpc) is 2.84. The fraction of sp³-hybridized carbons (Fsp3) is 0.235. The van der Waals surface area contributed by atoms with E-state index in [-0.39, 0.29) is 0 Å². The molecule has 0 saturated carbocycles. The Kier molecular flexibility index (Phi) is 2.97. The number of nitrogen functional groups attached to an aromatic ring is 1. The Morgan fingerprint density at radius 3 is 2.65 bits per heavy atom. The molecule has 0 radical (unpaired) electrons. The van der Waals surface area contributed by atoms with Crippen molar-refractivity contribution in [1.29, 1.82) is 0 Å². The van der Waals surface area contributed by atoms with Crippen LogP contribution in [0.3, 0.4) is 0 Å². The summed E-state index contributed by atoms with van der Waals surface area (Å²) in [5.41, 5.74) is 14.2. The molecule has 3 nitrogen and oxygen atoms in total. The van der Waals surface area contributed by atoms with E-state index in [1.54, 1.807) is 0 Å². The van der Waals surface area contributed by atoms with E-state index in [9.17, 15) is 0 Å².